The molecule has 168 valence electrons. The molecule has 3 saturated heterocycles. The predicted octanol–water partition coefficient (Wildman–Crippen LogP) is 2.63. The van der Waals surface area contributed by atoms with Crippen LogP contribution in [0.5, 0.6) is 0 Å². The van der Waals surface area contributed by atoms with Crippen LogP contribution >= 0.6 is 11.3 Å². The van der Waals surface area contributed by atoms with Crippen LogP contribution in [-0.4, -0.2) is 72.6 Å². The van der Waals surface area contributed by atoms with Crippen molar-refractivity contribution in [2.45, 2.75) is 25.6 Å². The first-order valence-electron chi connectivity index (χ1n) is 9.81. The normalized spacial score (nSPS) is 27.2. The van der Waals surface area contributed by atoms with Gasteiger partial charge in [-0.1, -0.05) is 0 Å². The van der Waals surface area contributed by atoms with Crippen LogP contribution in [0.4, 0.5) is 13.2 Å². The molecule has 3 aliphatic rings. The Balaban J connectivity index is 0.000000318. The van der Waals surface area contributed by atoms with Crippen molar-refractivity contribution >= 4 is 23.2 Å². The Labute approximate surface area is 176 Å². The van der Waals surface area contributed by atoms with E-state index in [0.717, 1.165) is 45.6 Å². The van der Waals surface area contributed by atoms with Crippen molar-refractivity contribution in [3.05, 3.63) is 22.4 Å². The second-order valence-electron chi connectivity index (χ2n) is 7.68. The fraction of sp³-hybridized carbons (Fsp3) is 0.684. The lowest BCUT2D eigenvalue weighted by atomic mass is 9.82. The number of fused-ring (bicyclic) bond motifs is 1. The van der Waals surface area contributed by atoms with Gasteiger partial charge in [0.25, 0.3) is 5.91 Å². The van der Waals surface area contributed by atoms with E-state index in [-0.39, 0.29) is 11.8 Å². The number of carbonyl (C=O) groups is 2. The Bertz CT molecular complexity index is 710. The van der Waals surface area contributed by atoms with Gasteiger partial charge in [-0.2, -0.15) is 24.5 Å². The predicted molar refractivity (Wildman–Crippen MR) is 101 cm³/mol. The van der Waals surface area contributed by atoms with Gasteiger partial charge in [-0.05, 0) is 47.1 Å². The molecule has 1 N–H and O–H groups in total. The average Bonchev–Trinajstić information content (AvgIpc) is 3.37. The zero-order valence-electron chi connectivity index (χ0n) is 16.3. The third-order valence-electron chi connectivity index (χ3n) is 5.51. The molecule has 0 spiro atoms. The van der Waals surface area contributed by atoms with Gasteiger partial charge in [-0.3, -0.25) is 14.5 Å². The van der Waals surface area contributed by atoms with E-state index in [1.54, 1.807) is 16.4 Å². The molecule has 0 unspecified atom stereocenters. The number of hydroxylamine groups is 2. The smallest absolute Gasteiger partial charge is 0.475 e. The van der Waals surface area contributed by atoms with Gasteiger partial charge in [0.15, 0.2) is 0 Å². The molecule has 3 fully saturated rings. The molecular formula is C19H25F3N2O5S. The lowest BCUT2D eigenvalue weighted by molar-refractivity contribution is -0.207. The summed E-state index contributed by atoms with van der Waals surface area (Å²) in [5.74, 6) is -1.79. The van der Waals surface area contributed by atoms with Crippen molar-refractivity contribution in [1.82, 2.24) is 9.96 Å². The van der Waals surface area contributed by atoms with Gasteiger partial charge in [0.2, 0.25) is 0 Å². The Hall–Kier alpha value is -1.69. The number of rotatable bonds is 3. The fourth-order valence-electron chi connectivity index (χ4n) is 4.07. The lowest BCUT2D eigenvalue weighted by Crippen LogP contribution is -2.47. The van der Waals surface area contributed by atoms with E-state index in [1.165, 1.54) is 5.56 Å². The van der Waals surface area contributed by atoms with Crippen molar-refractivity contribution in [2.75, 3.05) is 39.5 Å². The zero-order valence-corrected chi connectivity index (χ0v) is 17.2. The summed E-state index contributed by atoms with van der Waals surface area (Å²) in [7, 11) is 0. The molecule has 4 heterocycles. The lowest BCUT2D eigenvalue weighted by Gasteiger charge is -2.36. The SMILES string of the molecule is O=C(O)C(F)(F)F.O=C([C@H]1COC[C@H]2CN(Cc3ccsc3)C[C@H]21)N1CCCCO1. The van der Waals surface area contributed by atoms with Gasteiger partial charge >= 0.3 is 12.1 Å². The molecule has 1 amide bonds. The first-order chi connectivity index (χ1) is 14.3. The van der Waals surface area contributed by atoms with E-state index in [1.807, 2.05) is 0 Å². The Morgan fingerprint density at radius 2 is 2.00 bits per heavy atom. The second-order valence-corrected chi connectivity index (χ2v) is 8.46. The van der Waals surface area contributed by atoms with Crippen LogP contribution in [0.1, 0.15) is 18.4 Å². The largest absolute Gasteiger partial charge is 0.490 e. The number of hydrogen-bond donors (Lipinski definition) is 1. The van der Waals surface area contributed by atoms with Crippen molar-refractivity contribution < 1.29 is 37.4 Å². The molecule has 0 saturated carbocycles. The van der Waals surface area contributed by atoms with Gasteiger partial charge < -0.3 is 9.84 Å². The van der Waals surface area contributed by atoms with Crippen LogP contribution in [0.25, 0.3) is 0 Å². The quantitative estimate of drug-likeness (QED) is 0.763. The van der Waals surface area contributed by atoms with Crippen LogP contribution < -0.4 is 0 Å². The number of ether oxygens (including phenoxy) is 1. The number of carboxylic acid groups (broad SMARTS) is 1. The molecule has 1 aromatic heterocycles. The first-order valence-corrected chi connectivity index (χ1v) is 10.8. The molecule has 3 atom stereocenters. The Morgan fingerprint density at radius 1 is 1.23 bits per heavy atom. The minimum atomic E-state index is -5.08. The van der Waals surface area contributed by atoms with E-state index < -0.39 is 12.1 Å². The highest BCUT2D eigenvalue weighted by Crippen LogP contribution is 2.36. The number of halogens is 3. The first kappa shape index (κ1) is 23.0. The number of carboxylic acids is 1. The molecule has 1 aromatic rings. The summed E-state index contributed by atoms with van der Waals surface area (Å²) in [6, 6.07) is 2.19. The van der Waals surface area contributed by atoms with E-state index in [0.29, 0.717) is 25.0 Å². The van der Waals surface area contributed by atoms with Crippen LogP contribution in [0, 0.1) is 17.8 Å². The van der Waals surface area contributed by atoms with Crippen molar-refractivity contribution in [3.8, 4) is 0 Å². The van der Waals surface area contributed by atoms with Gasteiger partial charge in [0, 0.05) is 26.2 Å². The minimum Gasteiger partial charge on any atom is -0.475 e. The standard InChI is InChI=1S/C17H24N2O3S.C2HF3O2/c20-17(19-4-1-2-5-22-19)16-11-21-10-14-8-18(9-15(14)16)7-13-3-6-23-12-13;3-2(4,5)1(6)7/h3,6,12,14-16H,1-2,4-5,7-11H2;(H,6,7)/t14-,15-,16+;/m1./s1. The highest BCUT2D eigenvalue weighted by atomic mass is 32.1. The summed E-state index contributed by atoms with van der Waals surface area (Å²) < 4.78 is 37.5. The van der Waals surface area contributed by atoms with Crippen molar-refractivity contribution in [2.24, 2.45) is 17.8 Å². The number of aliphatic carboxylic acids is 1. The molecule has 0 radical (unpaired) electrons. The van der Waals surface area contributed by atoms with Gasteiger partial charge in [-0.15, -0.1) is 0 Å². The molecule has 4 rings (SSSR count). The molecule has 0 aliphatic carbocycles. The van der Waals surface area contributed by atoms with Crippen LogP contribution in [0.3, 0.4) is 0 Å². The van der Waals surface area contributed by atoms with E-state index in [2.05, 4.69) is 21.7 Å². The average molecular weight is 450 g/mol. The topological polar surface area (TPSA) is 79.3 Å². The minimum absolute atomic E-state index is 0.0423. The van der Waals surface area contributed by atoms with Crippen LogP contribution in [-0.2, 0) is 25.7 Å². The molecular weight excluding hydrogens is 425 g/mol. The third kappa shape index (κ3) is 5.93. The summed E-state index contributed by atoms with van der Waals surface area (Å²) in [6.45, 7) is 5.74. The molecule has 7 nitrogen and oxygen atoms in total. The monoisotopic (exact) mass is 450 g/mol. The maximum absolute atomic E-state index is 12.8. The van der Waals surface area contributed by atoms with E-state index in [4.69, 9.17) is 19.5 Å². The second kappa shape index (κ2) is 10.1. The van der Waals surface area contributed by atoms with Crippen LogP contribution in [0.2, 0.25) is 0 Å². The van der Waals surface area contributed by atoms with Crippen molar-refractivity contribution in [1.29, 1.82) is 0 Å². The maximum Gasteiger partial charge on any atom is 0.490 e. The molecule has 3 aliphatic heterocycles. The van der Waals surface area contributed by atoms with Gasteiger partial charge in [0.05, 0.1) is 25.7 Å². The summed E-state index contributed by atoms with van der Waals surface area (Å²) in [5, 5.41) is 13.1. The van der Waals surface area contributed by atoms with Gasteiger partial charge in [0.1, 0.15) is 0 Å². The van der Waals surface area contributed by atoms with Crippen molar-refractivity contribution in [3.63, 3.8) is 0 Å². The van der Waals surface area contributed by atoms with E-state index in [9.17, 15) is 18.0 Å². The number of alkyl halides is 3. The summed E-state index contributed by atoms with van der Waals surface area (Å²) in [4.78, 5) is 29.8. The summed E-state index contributed by atoms with van der Waals surface area (Å²) in [6.07, 6.45) is -3.00. The van der Waals surface area contributed by atoms with Gasteiger partial charge in [-0.25, -0.2) is 9.86 Å². The fourth-order valence-corrected chi connectivity index (χ4v) is 4.73. The summed E-state index contributed by atoms with van der Waals surface area (Å²) >= 11 is 1.74. The molecule has 0 aromatic carbocycles. The highest BCUT2D eigenvalue weighted by molar-refractivity contribution is 7.07. The van der Waals surface area contributed by atoms with E-state index >= 15 is 0 Å². The summed E-state index contributed by atoms with van der Waals surface area (Å²) in [5.41, 5.74) is 1.37. The Morgan fingerprint density at radius 3 is 2.60 bits per heavy atom. The number of carbonyl (C=O) groups excluding carboxylic acids is 1. The highest BCUT2D eigenvalue weighted by Gasteiger charge is 2.45. The number of hydrogen-bond acceptors (Lipinski definition) is 6. The maximum atomic E-state index is 12.8. The van der Waals surface area contributed by atoms with Crippen LogP contribution in [0.15, 0.2) is 16.8 Å². The number of nitrogens with zero attached hydrogens (tertiary/aromatic N) is 2. The number of amides is 1. The Kier molecular flexibility index (Phi) is 7.72. The molecule has 11 heteroatoms. The number of thiophene rings is 1. The molecule has 30 heavy (non-hydrogen) atoms. The molecule has 0 bridgehead atoms. The zero-order chi connectivity index (χ0) is 21.7. The number of likely N-dealkylation sites (tertiary alicyclic amines) is 1. The third-order valence-corrected chi connectivity index (χ3v) is 6.24.